The molecule has 0 radical (unpaired) electrons. The first-order valence-corrected chi connectivity index (χ1v) is 9.42. The molecule has 2 unspecified atom stereocenters. The van der Waals surface area contributed by atoms with Gasteiger partial charge in [-0.05, 0) is 15.7 Å². The number of methoxy groups -OCH3 is 2. The summed E-state index contributed by atoms with van der Waals surface area (Å²) in [6.07, 6.45) is -0.859. The maximum atomic E-state index is 10.7. The minimum absolute atomic E-state index is 0. The zero-order chi connectivity index (χ0) is 16.8. The van der Waals surface area contributed by atoms with E-state index in [4.69, 9.17) is 14.0 Å². The predicted octanol–water partition coefficient (Wildman–Crippen LogP) is 1.15. The molecule has 1 rings (SSSR count). The Morgan fingerprint density at radius 1 is 1.21 bits per heavy atom. The van der Waals surface area contributed by atoms with Gasteiger partial charge in [-0.1, -0.05) is 0 Å². The average molecular weight is 412 g/mol. The van der Waals surface area contributed by atoms with Gasteiger partial charge < -0.3 is 19.3 Å². The van der Waals surface area contributed by atoms with Crippen molar-refractivity contribution >= 4 is 66.5 Å². The number of nitrogens with zero attached hydrogens (tertiary/aromatic N) is 1. The van der Waals surface area contributed by atoms with Crippen LogP contribution in [0.5, 0.6) is 11.5 Å². The number of anilines is 1. The number of aliphatic hydroxyl groups is 1. The topological polar surface area (TPSA) is 96.3 Å². The minimum atomic E-state index is -4.17. The summed E-state index contributed by atoms with van der Waals surface area (Å²) in [5.74, 6) is 0.645. The van der Waals surface area contributed by atoms with Crippen molar-refractivity contribution < 1.29 is 27.6 Å². The van der Waals surface area contributed by atoms with Crippen molar-refractivity contribution in [3.8, 4) is 11.5 Å². The Morgan fingerprint density at radius 2 is 1.71 bits per heavy atom. The van der Waals surface area contributed by atoms with Crippen LogP contribution < -0.4 is 14.1 Å². The van der Waals surface area contributed by atoms with E-state index in [-0.39, 0.29) is 56.9 Å². The van der Waals surface area contributed by atoms with E-state index in [1.807, 2.05) is 23.7 Å². The maximum absolute atomic E-state index is 10.7. The van der Waals surface area contributed by atoms with Crippen molar-refractivity contribution in [2.45, 2.75) is 13.0 Å². The third kappa shape index (κ3) is 9.63. The van der Waals surface area contributed by atoms with Crippen LogP contribution in [0.15, 0.2) is 18.2 Å². The Labute approximate surface area is 173 Å². The van der Waals surface area contributed by atoms with Crippen molar-refractivity contribution in [1.29, 1.82) is 0 Å². The van der Waals surface area contributed by atoms with E-state index >= 15 is 0 Å². The van der Waals surface area contributed by atoms with Crippen LogP contribution in [-0.2, 0) is 10.1 Å². The molecule has 0 aliphatic carbocycles. The zero-order valence-corrected chi connectivity index (χ0v) is 15.9. The third-order valence-electron chi connectivity index (χ3n) is 2.88. The second kappa shape index (κ2) is 12.5. The van der Waals surface area contributed by atoms with E-state index < -0.39 is 22.0 Å². The molecule has 1 aromatic carbocycles. The van der Waals surface area contributed by atoms with E-state index in [0.717, 1.165) is 5.69 Å². The number of benzene rings is 1. The summed E-state index contributed by atoms with van der Waals surface area (Å²) in [6.45, 7) is 2.63. The number of hydrogen-bond acceptors (Lipinski definition) is 6. The van der Waals surface area contributed by atoms with Crippen LogP contribution in [0.25, 0.3) is 0 Å². The van der Waals surface area contributed by atoms with Crippen LogP contribution in [0.3, 0.4) is 0 Å². The standard InChI is InChI=1S/C13H22NO6PS.ClH.Na.H/c1-4-14(21-8-11(15)9-22(16,17)18)10-5-12(19-2)7-13(6-10)20-3;;;/h5-7,11,15,21H,4,8-9H2,1-3H3,(H,16,17,18);1H;;. The zero-order valence-electron chi connectivity index (χ0n) is 13.2. The van der Waals surface area contributed by atoms with Crippen LogP contribution in [0, 0.1) is 0 Å². The number of hydrogen-bond donors (Lipinski definition) is 2. The van der Waals surface area contributed by atoms with Gasteiger partial charge in [0.25, 0.3) is 10.1 Å². The van der Waals surface area contributed by atoms with Crippen molar-refractivity contribution in [3.63, 3.8) is 0 Å². The molecule has 136 valence electrons. The molecule has 0 aliphatic rings. The fraction of sp³-hybridized carbons (Fsp3) is 0.538. The van der Waals surface area contributed by atoms with Gasteiger partial charge in [0, 0.05) is 36.6 Å². The molecule has 0 heterocycles. The summed E-state index contributed by atoms with van der Waals surface area (Å²) in [5, 5.41) is 9.67. The normalized spacial score (nSPS) is 12.2. The first kappa shape index (κ1) is 26.4. The summed E-state index contributed by atoms with van der Waals surface area (Å²) in [5.41, 5.74) is 0.857. The SMILES string of the molecule is CCN(PCC(O)CS(=O)(=O)O)c1cc(OC)cc(OC)c1.Cl.[NaH]. The first-order chi connectivity index (χ1) is 10.3. The van der Waals surface area contributed by atoms with Crippen molar-refractivity contribution in [2.75, 3.05) is 37.3 Å². The van der Waals surface area contributed by atoms with E-state index in [1.165, 1.54) is 0 Å². The van der Waals surface area contributed by atoms with Gasteiger partial charge >= 0.3 is 29.6 Å². The Bertz CT molecular complexity index is 570. The molecular weight excluding hydrogens is 388 g/mol. The van der Waals surface area contributed by atoms with Crippen LogP contribution >= 0.6 is 21.1 Å². The number of aliphatic hydroxyl groups excluding tert-OH is 1. The second-order valence-electron chi connectivity index (χ2n) is 4.58. The Balaban J connectivity index is 0. The summed E-state index contributed by atoms with van der Waals surface area (Å²) < 4.78 is 42.6. The van der Waals surface area contributed by atoms with Crippen LogP contribution in [0.2, 0.25) is 0 Å². The first-order valence-electron chi connectivity index (χ1n) is 6.66. The molecular formula is C13H24ClNNaO6PS. The quantitative estimate of drug-likeness (QED) is 0.357. The summed E-state index contributed by atoms with van der Waals surface area (Å²) >= 11 is 0. The summed E-state index contributed by atoms with van der Waals surface area (Å²) in [7, 11) is -0.884. The Kier molecular flexibility index (Phi) is 13.8. The molecule has 11 heteroatoms. The van der Waals surface area contributed by atoms with Gasteiger partial charge in [0.2, 0.25) is 0 Å². The van der Waals surface area contributed by atoms with Gasteiger partial charge in [-0.25, -0.2) is 0 Å². The van der Waals surface area contributed by atoms with Crippen LogP contribution in [0.1, 0.15) is 6.92 Å². The van der Waals surface area contributed by atoms with E-state index in [9.17, 15) is 13.5 Å². The van der Waals surface area contributed by atoms with Gasteiger partial charge in [-0.15, -0.1) is 12.4 Å². The molecule has 1 aromatic rings. The molecule has 0 aliphatic heterocycles. The van der Waals surface area contributed by atoms with E-state index in [2.05, 4.69) is 0 Å². The molecule has 0 saturated carbocycles. The monoisotopic (exact) mass is 411 g/mol. The van der Waals surface area contributed by atoms with Gasteiger partial charge in [-0.3, -0.25) is 4.55 Å². The molecule has 0 bridgehead atoms. The predicted molar refractivity (Wildman–Crippen MR) is 103 cm³/mol. The number of ether oxygens (including phenoxy) is 2. The van der Waals surface area contributed by atoms with Gasteiger partial charge in [0.1, 0.15) is 17.3 Å². The third-order valence-corrected chi connectivity index (χ3v) is 5.30. The van der Waals surface area contributed by atoms with Crippen molar-refractivity contribution in [1.82, 2.24) is 0 Å². The van der Waals surface area contributed by atoms with Crippen LogP contribution in [-0.4, -0.2) is 86.4 Å². The molecule has 0 saturated heterocycles. The molecule has 0 aromatic heterocycles. The van der Waals surface area contributed by atoms with Crippen molar-refractivity contribution in [2.24, 2.45) is 0 Å². The molecule has 0 fully saturated rings. The number of rotatable bonds is 9. The van der Waals surface area contributed by atoms with Gasteiger partial charge in [0.15, 0.2) is 0 Å². The molecule has 24 heavy (non-hydrogen) atoms. The van der Waals surface area contributed by atoms with E-state index in [0.29, 0.717) is 18.0 Å². The van der Waals surface area contributed by atoms with Gasteiger partial charge in [-0.2, -0.15) is 8.42 Å². The van der Waals surface area contributed by atoms with Gasteiger partial charge in [0.05, 0.1) is 20.3 Å². The number of halogens is 1. The fourth-order valence-corrected chi connectivity index (χ4v) is 3.78. The van der Waals surface area contributed by atoms with Crippen LogP contribution in [0.4, 0.5) is 5.69 Å². The van der Waals surface area contributed by atoms with Crippen molar-refractivity contribution in [3.05, 3.63) is 18.2 Å². The molecule has 2 N–H and O–H groups in total. The molecule has 7 nitrogen and oxygen atoms in total. The molecule has 2 atom stereocenters. The summed E-state index contributed by atoms with van der Waals surface area (Å²) in [4.78, 5) is 0. The molecule has 0 spiro atoms. The fourth-order valence-electron chi connectivity index (χ4n) is 1.85. The Morgan fingerprint density at radius 3 is 2.08 bits per heavy atom. The average Bonchev–Trinajstić information content (AvgIpc) is 2.45. The molecule has 0 amide bonds. The summed E-state index contributed by atoms with van der Waals surface area (Å²) in [6, 6.07) is 5.44. The Hall–Kier alpha value is 0.210. The van der Waals surface area contributed by atoms with E-state index in [1.54, 1.807) is 20.3 Å². The second-order valence-corrected chi connectivity index (χ2v) is 7.34.